The molecule has 0 heterocycles. The van der Waals surface area contributed by atoms with Crippen molar-refractivity contribution in [1.82, 2.24) is 0 Å². The fourth-order valence-corrected chi connectivity index (χ4v) is 7.33. The Hall–Kier alpha value is -3.78. The number of hydrogen-bond donors (Lipinski definition) is 6. The number of benzene rings is 4. The van der Waals surface area contributed by atoms with Gasteiger partial charge >= 0.3 is 0 Å². The lowest BCUT2D eigenvalue weighted by molar-refractivity contribution is 0.158. The van der Waals surface area contributed by atoms with Gasteiger partial charge in [0.2, 0.25) is 0 Å². The molecule has 6 unspecified atom stereocenters. The summed E-state index contributed by atoms with van der Waals surface area (Å²) in [6.45, 7) is 12.8. The first kappa shape index (κ1) is 48.9. The molecule has 4 aromatic carbocycles. The van der Waals surface area contributed by atoms with E-state index in [9.17, 15) is 0 Å². The van der Waals surface area contributed by atoms with Crippen LogP contribution in [0.1, 0.15) is 157 Å². The van der Waals surface area contributed by atoms with E-state index in [4.69, 9.17) is 62.8 Å². The molecule has 0 aromatic heterocycles. The van der Waals surface area contributed by atoms with Gasteiger partial charge in [-0.25, -0.2) is 0 Å². The second-order valence-corrected chi connectivity index (χ2v) is 16.3. The predicted octanol–water partition coefficient (Wildman–Crippen LogP) is 10.3. The van der Waals surface area contributed by atoms with E-state index >= 15 is 0 Å². The van der Waals surface area contributed by atoms with Crippen LogP contribution in [0.4, 0.5) is 0 Å². The first-order chi connectivity index (χ1) is 29.0. The Labute approximate surface area is 359 Å². The number of ether oxygens (including phenoxy) is 6. The van der Waals surface area contributed by atoms with Crippen molar-refractivity contribution >= 4 is 32.3 Å². The van der Waals surface area contributed by atoms with Crippen LogP contribution in [-0.2, 0) is 0 Å². The highest BCUT2D eigenvalue weighted by atomic mass is 16.6. The Morgan fingerprint density at radius 3 is 0.533 bits per heavy atom. The Morgan fingerprint density at radius 2 is 0.417 bits per heavy atom. The average molecular weight is 835 g/mol. The minimum absolute atomic E-state index is 0.502. The number of nitrogens with two attached hydrogens (primary N) is 6. The lowest BCUT2D eigenvalue weighted by Crippen LogP contribution is -2.29. The van der Waals surface area contributed by atoms with Crippen LogP contribution >= 0.6 is 0 Å². The third kappa shape index (κ3) is 14.1. The van der Waals surface area contributed by atoms with Gasteiger partial charge in [-0.2, -0.15) is 0 Å². The van der Waals surface area contributed by atoms with Crippen molar-refractivity contribution in [3.8, 4) is 34.5 Å². The SMILES string of the molecule is CCCCC(N)Oc1cc2c3cc(OC(N)CCCC)c(OC(N)CCCC)cc3c3cc(OC(N)CCCC)c(OC(N)CCCC)cc3c2cc1OC(N)CCCC. The van der Waals surface area contributed by atoms with E-state index in [1.165, 1.54) is 0 Å². The number of hydrogen-bond acceptors (Lipinski definition) is 12. The summed E-state index contributed by atoms with van der Waals surface area (Å²) in [5, 5.41) is 5.21. The van der Waals surface area contributed by atoms with E-state index in [2.05, 4.69) is 41.5 Å². The van der Waals surface area contributed by atoms with Gasteiger partial charge in [0.05, 0.1) is 0 Å². The Balaban J connectivity index is 2.14. The minimum Gasteiger partial charge on any atom is -0.472 e. The van der Waals surface area contributed by atoms with Gasteiger partial charge in [-0.15, -0.1) is 0 Å². The second-order valence-electron chi connectivity index (χ2n) is 16.3. The van der Waals surface area contributed by atoms with Gasteiger partial charge in [-0.3, -0.25) is 34.4 Å². The van der Waals surface area contributed by atoms with Gasteiger partial charge in [-0.05, 0) is 146 Å². The van der Waals surface area contributed by atoms with Gasteiger partial charge in [0, 0.05) is 0 Å². The van der Waals surface area contributed by atoms with Crippen molar-refractivity contribution in [1.29, 1.82) is 0 Å². The molecule has 336 valence electrons. The van der Waals surface area contributed by atoms with E-state index in [1.54, 1.807) is 0 Å². The molecular weight excluding hydrogens is 757 g/mol. The molecule has 4 rings (SSSR count). The van der Waals surface area contributed by atoms with Crippen LogP contribution in [-0.4, -0.2) is 37.4 Å². The fourth-order valence-electron chi connectivity index (χ4n) is 7.33. The Bertz CT molecular complexity index is 1520. The molecule has 12 heteroatoms. The van der Waals surface area contributed by atoms with Crippen LogP contribution in [0.15, 0.2) is 36.4 Å². The smallest absolute Gasteiger partial charge is 0.164 e. The van der Waals surface area contributed by atoms with Crippen LogP contribution in [0, 0.1) is 0 Å². The quantitative estimate of drug-likeness (QED) is 0.0214. The van der Waals surface area contributed by atoms with E-state index in [1.807, 2.05) is 36.4 Å². The maximum Gasteiger partial charge on any atom is 0.164 e. The molecule has 0 bridgehead atoms. The standard InChI is InChI=1S/C48H78N6O6/c1-7-13-19-43(49)55-37-25-31-32(26-38(37)56-44(50)20-14-8-2)34-28-40(58-46(52)22-16-10-4)42(60-48(54)24-18-12-6)30-36(34)35-29-41(59-47(53)23-17-11-5)39(27-33(31)35)57-45(51)21-15-9-3/h25-30,43-48H,7-24,49-54H2,1-6H3. The molecule has 12 nitrogen and oxygen atoms in total. The van der Waals surface area contributed by atoms with Gasteiger partial charge in [0.15, 0.2) is 34.5 Å². The molecule has 0 spiro atoms. The third-order valence-corrected chi connectivity index (χ3v) is 10.8. The Morgan fingerprint density at radius 1 is 0.283 bits per heavy atom. The van der Waals surface area contributed by atoms with Crippen LogP contribution < -0.4 is 62.8 Å². The van der Waals surface area contributed by atoms with Gasteiger partial charge in [-0.1, -0.05) is 80.1 Å². The second kappa shape index (κ2) is 25.2. The van der Waals surface area contributed by atoms with Gasteiger partial charge < -0.3 is 28.4 Å². The maximum atomic E-state index is 6.60. The van der Waals surface area contributed by atoms with E-state index in [0.717, 1.165) is 109 Å². The van der Waals surface area contributed by atoms with Crippen molar-refractivity contribution in [2.24, 2.45) is 34.4 Å². The van der Waals surface area contributed by atoms with Crippen molar-refractivity contribution < 1.29 is 28.4 Å². The molecule has 4 aromatic rings. The highest BCUT2D eigenvalue weighted by Gasteiger charge is 2.24. The molecule has 0 radical (unpaired) electrons. The zero-order chi connectivity index (χ0) is 43.6. The van der Waals surface area contributed by atoms with Gasteiger partial charge in [0.1, 0.15) is 37.4 Å². The lowest BCUT2D eigenvalue weighted by Gasteiger charge is -2.25. The van der Waals surface area contributed by atoms with E-state index in [0.29, 0.717) is 73.0 Å². The molecule has 0 fully saturated rings. The third-order valence-electron chi connectivity index (χ3n) is 10.8. The summed E-state index contributed by atoms with van der Waals surface area (Å²) >= 11 is 0. The average Bonchev–Trinajstić information content (AvgIpc) is 3.22. The first-order valence-electron chi connectivity index (χ1n) is 23.0. The van der Waals surface area contributed by atoms with Crippen molar-refractivity contribution in [3.05, 3.63) is 36.4 Å². The molecule has 0 saturated carbocycles. The van der Waals surface area contributed by atoms with Crippen LogP contribution in [0.25, 0.3) is 32.3 Å². The molecule has 60 heavy (non-hydrogen) atoms. The normalized spacial score (nSPS) is 14.8. The predicted molar refractivity (Wildman–Crippen MR) is 248 cm³/mol. The van der Waals surface area contributed by atoms with E-state index < -0.39 is 37.4 Å². The molecule has 0 amide bonds. The molecule has 0 aliphatic rings. The maximum absolute atomic E-state index is 6.60. The summed E-state index contributed by atoms with van der Waals surface area (Å²) in [5.74, 6) is 3.01. The zero-order valence-electron chi connectivity index (χ0n) is 37.6. The van der Waals surface area contributed by atoms with Gasteiger partial charge in [0.25, 0.3) is 0 Å². The van der Waals surface area contributed by atoms with Crippen LogP contribution in [0.5, 0.6) is 34.5 Å². The molecule has 12 N–H and O–H groups in total. The van der Waals surface area contributed by atoms with Crippen molar-refractivity contribution in [2.75, 3.05) is 0 Å². The molecule has 0 saturated heterocycles. The minimum atomic E-state index is -0.551. The summed E-state index contributed by atoms with van der Waals surface area (Å²) in [5.41, 5.74) is 39.6. The zero-order valence-corrected chi connectivity index (χ0v) is 37.6. The summed E-state index contributed by atoms with van der Waals surface area (Å²) < 4.78 is 39.1. The summed E-state index contributed by atoms with van der Waals surface area (Å²) in [4.78, 5) is 0. The number of fused-ring (bicyclic) bond motifs is 6. The summed E-state index contributed by atoms with van der Waals surface area (Å²) in [6, 6.07) is 12.0. The highest BCUT2D eigenvalue weighted by Crippen LogP contribution is 2.48. The van der Waals surface area contributed by atoms with Crippen LogP contribution in [0.3, 0.4) is 0 Å². The Kier molecular flexibility index (Phi) is 20.6. The topological polar surface area (TPSA) is 212 Å². The molecule has 0 aliphatic heterocycles. The highest BCUT2D eigenvalue weighted by molar-refractivity contribution is 6.26. The first-order valence-corrected chi connectivity index (χ1v) is 23.0. The number of unbranched alkanes of at least 4 members (excludes halogenated alkanes) is 6. The summed E-state index contributed by atoms with van der Waals surface area (Å²) in [7, 11) is 0. The monoisotopic (exact) mass is 835 g/mol. The summed E-state index contributed by atoms with van der Waals surface area (Å²) in [6.07, 6.45) is 12.3. The largest absolute Gasteiger partial charge is 0.472 e. The molecule has 0 aliphatic carbocycles. The van der Waals surface area contributed by atoms with Crippen LogP contribution in [0.2, 0.25) is 0 Å². The van der Waals surface area contributed by atoms with E-state index in [-0.39, 0.29) is 0 Å². The van der Waals surface area contributed by atoms with Crippen molar-refractivity contribution in [3.63, 3.8) is 0 Å². The van der Waals surface area contributed by atoms with Crippen molar-refractivity contribution in [2.45, 2.75) is 194 Å². The number of rotatable bonds is 30. The lowest BCUT2D eigenvalue weighted by atomic mass is 9.93. The fraction of sp³-hybridized carbons (Fsp3) is 0.625. The molecule has 6 atom stereocenters. The molecular formula is C48H78N6O6.